The summed E-state index contributed by atoms with van der Waals surface area (Å²) in [6, 6.07) is 6.19. The van der Waals surface area contributed by atoms with E-state index < -0.39 is 16.1 Å². The Balaban J connectivity index is 2.11. The third kappa shape index (κ3) is 5.29. The largest absolute Gasteiger partial charge is 0.344 e. The second-order valence-corrected chi connectivity index (χ2v) is 9.26. The van der Waals surface area contributed by atoms with E-state index >= 15 is 0 Å². The molecule has 2 amide bonds. The van der Waals surface area contributed by atoms with Gasteiger partial charge in [-0.05, 0) is 31.4 Å². The maximum absolute atomic E-state index is 12.9. The minimum atomic E-state index is -3.58. The van der Waals surface area contributed by atoms with E-state index in [-0.39, 0.29) is 29.2 Å². The van der Waals surface area contributed by atoms with E-state index in [1.807, 2.05) is 20.8 Å². The first-order valence-electron chi connectivity index (χ1n) is 9.25. The minimum Gasteiger partial charge on any atom is -0.344 e. The van der Waals surface area contributed by atoms with Gasteiger partial charge in [0.25, 0.3) is 0 Å². The van der Waals surface area contributed by atoms with Crippen LogP contribution in [0.5, 0.6) is 0 Å². The van der Waals surface area contributed by atoms with Crippen molar-refractivity contribution in [1.29, 1.82) is 0 Å². The van der Waals surface area contributed by atoms with E-state index in [0.717, 1.165) is 5.56 Å². The molecule has 1 aromatic rings. The highest BCUT2D eigenvalue weighted by atomic mass is 32.2. The van der Waals surface area contributed by atoms with E-state index in [4.69, 9.17) is 0 Å². The van der Waals surface area contributed by atoms with Gasteiger partial charge in [0.2, 0.25) is 21.8 Å². The number of nitrogens with zero attached hydrogens (tertiary/aromatic N) is 2. The molecule has 0 aromatic heterocycles. The predicted molar refractivity (Wildman–Crippen MR) is 104 cm³/mol. The highest BCUT2D eigenvalue weighted by molar-refractivity contribution is 7.89. The van der Waals surface area contributed by atoms with Crippen LogP contribution in [-0.4, -0.2) is 61.7 Å². The zero-order chi connectivity index (χ0) is 20.2. The van der Waals surface area contributed by atoms with Crippen molar-refractivity contribution >= 4 is 21.8 Å². The first-order chi connectivity index (χ1) is 12.6. The van der Waals surface area contributed by atoms with E-state index in [1.165, 1.54) is 11.2 Å². The highest BCUT2D eigenvalue weighted by Crippen LogP contribution is 2.19. The molecule has 1 heterocycles. The Morgan fingerprint density at radius 2 is 1.67 bits per heavy atom. The van der Waals surface area contributed by atoms with Crippen molar-refractivity contribution in [1.82, 2.24) is 14.5 Å². The Morgan fingerprint density at radius 3 is 2.22 bits per heavy atom. The van der Waals surface area contributed by atoms with Crippen molar-refractivity contribution in [2.75, 3.05) is 26.2 Å². The number of nitrogens with one attached hydrogen (secondary N) is 1. The Kier molecular flexibility index (Phi) is 7.00. The van der Waals surface area contributed by atoms with Crippen molar-refractivity contribution in [3.63, 3.8) is 0 Å². The maximum Gasteiger partial charge on any atom is 0.245 e. The monoisotopic (exact) mass is 395 g/mol. The number of sulfonamides is 1. The molecule has 1 saturated heterocycles. The molecule has 1 unspecified atom stereocenters. The average molecular weight is 396 g/mol. The zero-order valence-corrected chi connectivity index (χ0v) is 17.3. The molecule has 1 aliphatic heterocycles. The van der Waals surface area contributed by atoms with Crippen molar-refractivity contribution in [3.05, 3.63) is 29.8 Å². The molecule has 0 saturated carbocycles. The van der Waals surface area contributed by atoms with Crippen LogP contribution in [-0.2, 0) is 19.6 Å². The normalized spacial score (nSPS) is 17.4. The van der Waals surface area contributed by atoms with Crippen molar-refractivity contribution in [3.8, 4) is 0 Å². The van der Waals surface area contributed by atoms with E-state index in [2.05, 4.69) is 5.32 Å². The number of hydrogen-bond donors (Lipinski definition) is 1. The number of carbonyl (C=O) groups is 2. The van der Waals surface area contributed by atoms with Gasteiger partial charge in [-0.3, -0.25) is 9.59 Å². The fourth-order valence-corrected chi connectivity index (χ4v) is 4.61. The summed E-state index contributed by atoms with van der Waals surface area (Å²) in [5, 5.41) is 2.71. The van der Waals surface area contributed by atoms with E-state index in [1.54, 1.807) is 29.2 Å². The van der Waals surface area contributed by atoms with Gasteiger partial charge in [-0.1, -0.05) is 31.5 Å². The standard InChI is InChI=1S/C19H29N3O4S/c1-14(2)18(20-16(4)23)19(24)21-10-5-11-22(13-12-21)27(25,26)17-8-6-15(3)7-9-17/h6-9,14,18H,5,10-13H2,1-4H3,(H,20,23). The zero-order valence-electron chi connectivity index (χ0n) is 16.4. The van der Waals surface area contributed by atoms with Crippen LogP contribution in [0, 0.1) is 12.8 Å². The number of carbonyl (C=O) groups excluding carboxylic acids is 2. The molecule has 27 heavy (non-hydrogen) atoms. The van der Waals surface area contributed by atoms with Gasteiger partial charge in [-0.2, -0.15) is 4.31 Å². The predicted octanol–water partition coefficient (Wildman–Crippen LogP) is 1.38. The molecular formula is C19H29N3O4S. The fourth-order valence-electron chi connectivity index (χ4n) is 3.14. The lowest BCUT2D eigenvalue weighted by Crippen LogP contribution is -2.51. The summed E-state index contributed by atoms with van der Waals surface area (Å²) in [6.45, 7) is 8.45. The second kappa shape index (κ2) is 8.84. The van der Waals surface area contributed by atoms with Gasteiger partial charge in [0.05, 0.1) is 4.90 Å². The van der Waals surface area contributed by atoms with Gasteiger partial charge in [0.1, 0.15) is 6.04 Å². The van der Waals surface area contributed by atoms with Crippen molar-refractivity contribution in [2.45, 2.75) is 45.1 Å². The van der Waals surface area contributed by atoms with Crippen LogP contribution in [0.1, 0.15) is 32.8 Å². The van der Waals surface area contributed by atoms with Crippen LogP contribution in [0.3, 0.4) is 0 Å². The van der Waals surface area contributed by atoms with Gasteiger partial charge in [0.15, 0.2) is 0 Å². The van der Waals surface area contributed by atoms with Crippen molar-refractivity contribution < 1.29 is 18.0 Å². The lowest BCUT2D eigenvalue weighted by Gasteiger charge is -2.28. The Morgan fingerprint density at radius 1 is 1.04 bits per heavy atom. The van der Waals surface area contributed by atoms with Crippen LogP contribution in [0.15, 0.2) is 29.2 Å². The van der Waals surface area contributed by atoms with Crippen LogP contribution < -0.4 is 5.32 Å². The summed E-state index contributed by atoms with van der Waals surface area (Å²) in [6.07, 6.45) is 0.557. The summed E-state index contributed by atoms with van der Waals surface area (Å²) >= 11 is 0. The summed E-state index contributed by atoms with van der Waals surface area (Å²) in [7, 11) is -3.58. The summed E-state index contributed by atoms with van der Waals surface area (Å²) in [5.41, 5.74) is 0.999. The Hall–Kier alpha value is -1.93. The molecule has 0 aliphatic carbocycles. The molecule has 2 rings (SSSR count). The molecule has 1 atom stereocenters. The maximum atomic E-state index is 12.9. The molecule has 0 radical (unpaired) electrons. The summed E-state index contributed by atoms with van der Waals surface area (Å²) < 4.78 is 27.2. The lowest BCUT2D eigenvalue weighted by atomic mass is 10.0. The van der Waals surface area contributed by atoms with E-state index in [9.17, 15) is 18.0 Å². The quantitative estimate of drug-likeness (QED) is 0.816. The topological polar surface area (TPSA) is 86.8 Å². The molecule has 0 spiro atoms. The molecule has 7 nitrogen and oxygen atoms in total. The van der Waals surface area contributed by atoms with Crippen LogP contribution in [0.2, 0.25) is 0 Å². The molecule has 8 heteroatoms. The minimum absolute atomic E-state index is 0.0444. The summed E-state index contributed by atoms with van der Waals surface area (Å²) in [4.78, 5) is 26.2. The third-order valence-corrected chi connectivity index (χ3v) is 6.63. The molecule has 150 valence electrons. The smallest absolute Gasteiger partial charge is 0.245 e. The summed E-state index contributed by atoms with van der Waals surface area (Å²) in [5.74, 6) is -0.452. The number of amides is 2. The van der Waals surface area contributed by atoms with Gasteiger partial charge in [0, 0.05) is 33.1 Å². The highest BCUT2D eigenvalue weighted by Gasteiger charge is 2.32. The fraction of sp³-hybridized carbons (Fsp3) is 0.579. The van der Waals surface area contributed by atoms with Crippen molar-refractivity contribution in [2.24, 2.45) is 5.92 Å². The third-order valence-electron chi connectivity index (χ3n) is 4.72. The molecule has 1 aromatic carbocycles. The molecular weight excluding hydrogens is 366 g/mol. The van der Waals surface area contributed by atoms with Crippen LogP contribution >= 0.6 is 0 Å². The number of rotatable bonds is 5. The van der Waals surface area contributed by atoms with Gasteiger partial charge >= 0.3 is 0 Å². The van der Waals surface area contributed by atoms with Gasteiger partial charge < -0.3 is 10.2 Å². The molecule has 1 aliphatic rings. The second-order valence-electron chi connectivity index (χ2n) is 7.32. The van der Waals surface area contributed by atoms with Crippen LogP contribution in [0.25, 0.3) is 0 Å². The van der Waals surface area contributed by atoms with Crippen LogP contribution in [0.4, 0.5) is 0 Å². The first kappa shape index (κ1) is 21.4. The molecule has 0 bridgehead atoms. The number of hydrogen-bond acceptors (Lipinski definition) is 4. The van der Waals surface area contributed by atoms with Gasteiger partial charge in [-0.25, -0.2) is 8.42 Å². The first-order valence-corrected chi connectivity index (χ1v) is 10.7. The SMILES string of the molecule is CC(=O)NC(C(=O)N1CCCN(S(=O)(=O)c2ccc(C)cc2)CC1)C(C)C. The van der Waals surface area contributed by atoms with E-state index in [0.29, 0.717) is 26.1 Å². The van der Waals surface area contributed by atoms with Gasteiger partial charge in [-0.15, -0.1) is 0 Å². The average Bonchev–Trinajstić information content (AvgIpc) is 2.85. The Labute approximate surface area is 161 Å². The Bertz CT molecular complexity index is 775. The molecule has 1 fully saturated rings. The number of benzene rings is 1. The molecule has 1 N–H and O–H groups in total. The number of aryl methyl sites for hydroxylation is 1. The lowest BCUT2D eigenvalue weighted by molar-refractivity contribution is -0.137.